The fourth-order valence-corrected chi connectivity index (χ4v) is 1.81. The van der Waals surface area contributed by atoms with Crippen LogP contribution in [0, 0.1) is 0 Å². The van der Waals surface area contributed by atoms with Crippen LogP contribution in [0.1, 0.15) is 19.1 Å². The average Bonchev–Trinajstić information content (AvgIpc) is 2.85. The summed E-state index contributed by atoms with van der Waals surface area (Å²) in [7, 11) is 1.39. The summed E-state index contributed by atoms with van der Waals surface area (Å²) < 4.78 is 9.88. The minimum Gasteiger partial charge on any atom is -0.469 e. The van der Waals surface area contributed by atoms with Crippen LogP contribution in [-0.2, 0) is 16.0 Å². The number of nitrogens with one attached hydrogen (secondary N) is 1. The average molecular weight is 304 g/mol. The van der Waals surface area contributed by atoms with E-state index >= 15 is 0 Å². The van der Waals surface area contributed by atoms with E-state index in [0.717, 1.165) is 18.6 Å². The van der Waals surface area contributed by atoms with Crippen LogP contribution in [-0.4, -0.2) is 30.5 Å². The first-order valence-corrected chi connectivity index (χ1v) is 6.52. The number of carbonyl (C=O) groups is 1. The van der Waals surface area contributed by atoms with Crippen molar-refractivity contribution in [1.29, 1.82) is 0 Å². The van der Waals surface area contributed by atoms with Crippen LogP contribution < -0.4 is 5.32 Å². The van der Waals surface area contributed by atoms with Crippen molar-refractivity contribution in [2.45, 2.75) is 30.6 Å². The molecule has 1 N–H and O–H groups in total. The molecule has 0 radical (unpaired) electrons. The van der Waals surface area contributed by atoms with Crippen LogP contribution in [0.5, 0.6) is 0 Å². The number of esters is 1. The summed E-state index contributed by atoms with van der Waals surface area (Å²) >= 11 is 3.27. The molecule has 0 bridgehead atoms. The molecular formula is C12H18BrNO3. The van der Waals surface area contributed by atoms with E-state index in [0.29, 0.717) is 12.6 Å². The van der Waals surface area contributed by atoms with Crippen molar-refractivity contribution >= 4 is 21.9 Å². The maximum absolute atomic E-state index is 11.1. The number of ether oxygens (including phenoxy) is 1. The molecule has 2 atom stereocenters. The van der Waals surface area contributed by atoms with Crippen LogP contribution in [0.3, 0.4) is 0 Å². The number of aryl methyl sites for hydroxylation is 1. The summed E-state index contributed by atoms with van der Waals surface area (Å²) in [5.74, 6) is 0.734. The number of rotatable bonds is 7. The number of halogens is 1. The van der Waals surface area contributed by atoms with Crippen LogP contribution >= 0.6 is 15.9 Å². The Morgan fingerprint density at radius 2 is 2.41 bits per heavy atom. The fourth-order valence-electron chi connectivity index (χ4n) is 1.43. The van der Waals surface area contributed by atoms with Gasteiger partial charge in [0.15, 0.2) is 0 Å². The molecule has 0 aliphatic heterocycles. The van der Waals surface area contributed by atoms with Gasteiger partial charge in [-0.25, -0.2) is 0 Å². The maximum atomic E-state index is 11.1. The molecule has 17 heavy (non-hydrogen) atoms. The Morgan fingerprint density at radius 3 is 3.00 bits per heavy atom. The lowest BCUT2D eigenvalue weighted by molar-refractivity contribution is -0.139. The monoisotopic (exact) mass is 303 g/mol. The molecule has 0 saturated carbocycles. The van der Waals surface area contributed by atoms with Gasteiger partial charge in [-0.1, -0.05) is 15.9 Å². The molecule has 0 aliphatic rings. The SMILES string of the molecule is COC(=O)C(Br)CNC(C)CCc1ccco1. The number of hydrogen-bond donors (Lipinski definition) is 1. The van der Waals surface area contributed by atoms with Crippen molar-refractivity contribution in [3.63, 3.8) is 0 Å². The third kappa shape index (κ3) is 5.37. The quantitative estimate of drug-likeness (QED) is 0.619. The largest absolute Gasteiger partial charge is 0.469 e. The molecule has 96 valence electrons. The van der Waals surface area contributed by atoms with Crippen molar-refractivity contribution in [3.05, 3.63) is 24.2 Å². The number of hydrogen-bond acceptors (Lipinski definition) is 4. The molecule has 1 aromatic heterocycles. The van der Waals surface area contributed by atoms with E-state index < -0.39 is 0 Å². The topological polar surface area (TPSA) is 51.5 Å². The number of methoxy groups -OCH3 is 1. The standard InChI is InChI=1S/C12H18BrNO3/c1-9(5-6-10-4-3-7-17-10)14-8-11(13)12(15)16-2/h3-4,7,9,11,14H,5-6,8H2,1-2H3. The van der Waals surface area contributed by atoms with E-state index in [-0.39, 0.29) is 10.8 Å². The van der Waals surface area contributed by atoms with Crippen LogP contribution in [0.25, 0.3) is 0 Å². The maximum Gasteiger partial charge on any atom is 0.320 e. The molecule has 5 heteroatoms. The zero-order valence-electron chi connectivity index (χ0n) is 10.1. The van der Waals surface area contributed by atoms with Gasteiger partial charge in [0.05, 0.1) is 13.4 Å². The lowest BCUT2D eigenvalue weighted by atomic mass is 10.1. The van der Waals surface area contributed by atoms with Gasteiger partial charge in [0, 0.05) is 19.0 Å². The summed E-state index contributed by atoms with van der Waals surface area (Å²) in [5.41, 5.74) is 0. The predicted molar refractivity (Wildman–Crippen MR) is 69.2 cm³/mol. The molecule has 1 heterocycles. The zero-order chi connectivity index (χ0) is 12.7. The molecule has 1 rings (SSSR count). The molecule has 0 amide bonds. The Hall–Kier alpha value is -0.810. The highest BCUT2D eigenvalue weighted by atomic mass is 79.9. The van der Waals surface area contributed by atoms with E-state index in [2.05, 4.69) is 32.9 Å². The summed E-state index contributed by atoms with van der Waals surface area (Å²) in [5, 5.41) is 3.27. The van der Waals surface area contributed by atoms with Gasteiger partial charge in [-0.05, 0) is 25.5 Å². The summed E-state index contributed by atoms with van der Waals surface area (Å²) in [6, 6.07) is 4.18. The lowest BCUT2D eigenvalue weighted by Crippen LogP contribution is -2.35. The predicted octanol–water partition coefficient (Wildman–Crippen LogP) is 2.13. The molecule has 0 spiro atoms. The van der Waals surface area contributed by atoms with Gasteiger partial charge in [0.25, 0.3) is 0 Å². The van der Waals surface area contributed by atoms with Crippen molar-refractivity contribution in [2.75, 3.05) is 13.7 Å². The third-order valence-corrected chi connectivity index (χ3v) is 3.20. The molecule has 4 nitrogen and oxygen atoms in total. The van der Waals surface area contributed by atoms with E-state index in [1.807, 2.05) is 12.1 Å². The van der Waals surface area contributed by atoms with Gasteiger partial charge in [-0.15, -0.1) is 0 Å². The van der Waals surface area contributed by atoms with Crippen molar-refractivity contribution in [3.8, 4) is 0 Å². The summed E-state index contributed by atoms with van der Waals surface area (Å²) in [6.45, 7) is 2.64. The van der Waals surface area contributed by atoms with Gasteiger partial charge >= 0.3 is 5.97 Å². The Bertz CT molecular complexity index is 327. The highest BCUT2D eigenvalue weighted by Crippen LogP contribution is 2.06. The highest BCUT2D eigenvalue weighted by Gasteiger charge is 2.15. The minimum absolute atomic E-state index is 0.254. The van der Waals surface area contributed by atoms with Crippen molar-refractivity contribution in [1.82, 2.24) is 5.32 Å². The summed E-state index contributed by atoms with van der Waals surface area (Å²) in [6.07, 6.45) is 3.54. The zero-order valence-corrected chi connectivity index (χ0v) is 11.7. The Balaban J connectivity index is 2.17. The smallest absolute Gasteiger partial charge is 0.320 e. The van der Waals surface area contributed by atoms with Gasteiger partial charge in [0.1, 0.15) is 10.6 Å². The van der Waals surface area contributed by atoms with E-state index in [1.54, 1.807) is 6.26 Å². The Labute approximate surface area is 110 Å². The van der Waals surface area contributed by atoms with E-state index in [4.69, 9.17) is 4.42 Å². The van der Waals surface area contributed by atoms with Gasteiger partial charge in [0.2, 0.25) is 0 Å². The Kier molecular flexibility index (Phi) is 6.29. The first-order valence-electron chi connectivity index (χ1n) is 5.61. The molecule has 1 aromatic rings. The van der Waals surface area contributed by atoms with Gasteiger partial charge in [-0.2, -0.15) is 0 Å². The first kappa shape index (κ1) is 14.3. The second-order valence-electron chi connectivity index (χ2n) is 3.92. The Morgan fingerprint density at radius 1 is 1.65 bits per heavy atom. The number of furan rings is 1. The van der Waals surface area contributed by atoms with Gasteiger partial charge in [-0.3, -0.25) is 4.79 Å². The number of alkyl halides is 1. The van der Waals surface area contributed by atoms with E-state index in [1.165, 1.54) is 7.11 Å². The lowest BCUT2D eigenvalue weighted by Gasteiger charge is -2.15. The molecule has 2 unspecified atom stereocenters. The van der Waals surface area contributed by atoms with Crippen LogP contribution in [0.4, 0.5) is 0 Å². The molecule has 0 aromatic carbocycles. The van der Waals surface area contributed by atoms with Crippen LogP contribution in [0.15, 0.2) is 22.8 Å². The second-order valence-corrected chi connectivity index (χ2v) is 5.02. The van der Waals surface area contributed by atoms with E-state index in [9.17, 15) is 4.79 Å². The summed E-state index contributed by atoms with van der Waals surface area (Å²) in [4.78, 5) is 10.9. The van der Waals surface area contributed by atoms with Crippen molar-refractivity contribution in [2.24, 2.45) is 0 Å². The second kappa shape index (κ2) is 7.50. The molecule has 0 fully saturated rings. The normalized spacial score (nSPS) is 14.3. The molecule has 0 saturated heterocycles. The number of carbonyl (C=O) groups excluding carboxylic acids is 1. The minimum atomic E-state index is -0.293. The van der Waals surface area contributed by atoms with Gasteiger partial charge < -0.3 is 14.5 Å². The first-order chi connectivity index (χ1) is 8.13. The van der Waals surface area contributed by atoms with Crippen molar-refractivity contribution < 1.29 is 13.9 Å². The van der Waals surface area contributed by atoms with Crippen LogP contribution in [0.2, 0.25) is 0 Å². The fraction of sp³-hybridized carbons (Fsp3) is 0.583. The molecule has 0 aliphatic carbocycles. The molecular weight excluding hydrogens is 286 g/mol. The third-order valence-electron chi connectivity index (χ3n) is 2.51. The highest BCUT2D eigenvalue weighted by molar-refractivity contribution is 9.10.